The fourth-order valence-corrected chi connectivity index (χ4v) is 1.56. The van der Waals surface area contributed by atoms with Crippen LogP contribution in [-0.2, 0) is 10.8 Å². The lowest BCUT2D eigenvalue weighted by Gasteiger charge is -2.09. The van der Waals surface area contributed by atoms with Gasteiger partial charge in [-0.05, 0) is 12.5 Å². The molecule has 0 radical (unpaired) electrons. The molecule has 2 atom stereocenters. The summed E-state index contributed by atoms with van der Waals surface area (Å²) in [6.45, 7) is 2.56. The molecule has 1 aromatic heterocycles. The zero-order chi connectivity index (χ0) is 12.0. The highest BCUT2D eigenvalue weighted by atomic mass is 32.2. The summed E-state index contributed by atoms with van der Waals surface area (Å²) in [6, 6.07) is 3.64. The second kappa shape index (κ2) is 6.18. The van der Waals surface area contributed by atoms with Crippen LogP contribution in [0.1, 0.15) is 18.9 Å². The van der Waals surface area contributed by atoms with Crippen molar-refractivity contribution < 1.29 is 4.21 Å². The number of aromatic nitrogens is 2. The molecule has 6 heteroatoms. The van der Waals surface area contributed by atoms with Crippen LogP contribution in [0.5, 0.6) is 0 Å². The molecule has 1 aromatic rings. The summed E-state index contributed by atoms with van der Waals surface area (Å²) in [5.74, 6) is 0.485. The summed E-state index contributed by atoms with van der Waals surface area (Å²) >= 11 is 0. The molecule has 0 saturated carbocycles. The highest BCUT2D eigenvalue weighted by Crippen LogP contribution is 2.08. The predicted molar refractivity (Wildman–Crippen MR) is 63.4 cm³/mol. The van der Waals surface area contributed by atoms with E-state index in [1.165, 1.54) is 6.20 Å². The van der Waals surface area contributed by atoms with Crippen molar-refractivity contribution in [2.24, 2.45) is 0 Å². The number of nitrogens with zero attached hydrogens (tertiary/aromatic N) is 3. The van der Waals surface area contributed by atoms with Crippen LogP contribution >= 0.6 is 0 Å². The molecule has 0 saturated heterocycles. The lowest BCUT2D eigenvalue weighted by Crippen LogP contribution is -2.15. The molecule has 0 aliphatic heterocycles. The third-order valence-electron chi connectivity index (χ3n) is 2.25. The number of nitrogens with one attached hydrogen (secondary N) is 1. The van der Waals surface area contributed by atoms with E-state index in [0.717, 1.165) is 6.42 Å². The summed E-state index contributed by atoms with van der Waals surface area (Å²) < 4.78 is 11.1. The minimum absolute atomic E-state index is 0.134. The summed E-state index contributed by atoms with van der Waals surface area (Å²) in [4.78, 5) is 0. The Hall–Kier alpha value is -1.48. The average molecular weight is 238 g/mol. The van der Waals surface area contributed by atoms with Gasteiger partial charge in [-0.15, -0.1) is 5.10 Å². The van der Waals surface area contributed by atoms with Crippen LogP contribution in [-0.4, -0.2) is 32.5 Å². The van der Waals surface area contributed by atoms with Crippen LogP contribution < -0.4 is 5.32 Å². The Morgan fingerprint density at radius 1 is 1.69 bits per heavy atom. The van der Waals surface area contributed by atoms with Crippen LogP contribution in [0.4, 0.5) is 5.82 Å². The van der Waals surface area contributed by atoms with Gasteiger partial charge in [-0.25, -0.2) is 0 Å². The third-order valence-corrected chi connectivity index (χ3v) is 3.62. The first-order valence-electron chi connectivity index (χ1n) is 4.93. The van der Waals surface area contributed by atoms with Gasteiger partial charge < -0.3 is 5.32 Å². The summed E-state index contributed by atoms with van der Waals surface area (Å²) in [6.07, 6.45) is 3.94. The van der Waals surface area contributed by atoms with Crippen LogP contribution in [0, 0.1) is 11.3 Å². The summed E-state index contributed by atoms with van der Waals surface area (Å²) in [5.41, 5.74) is 0.472. The highest BCUT2D eigenvalue weighted by Gasteiger charge is 2.07. The highest BCUT2D eigenvalue weighted by molar-refractivity contribution is 7.84. The van der Waals surface area contributed by atoms with E-state index in [4.69, 9.17) is 5.26 Å². The fourth-order valence-electron chi connectivity index (χ4n) is 1.11. The van der Waals surface area contributed by atoms with Crippen molar-refractivity contribution in [3.8, 4) is 6.07 Å². The van der Waals surface area contributed by atoms with Crippen LogP contribution in [0.2, 0.25) is 0 Å². The maximum absolute atomic E-state index is 11.1. The minimum atomic E-state index is -0.816. The van der Waals surface area contributed by atoms with Crippen molar-refractivity contribution in [3.63, 3.8) is 0 Å². The number of anilines is 1. The van der Waals surface area contributed by atoms with Gasteiger partial charge in [-0.2, -0.15) is 10.4 Å². The van der Waals surface area contributed by atoms with Gasteiger partial charge in [0.15, 0.2) is 5.82 Å². The standard InChI is InChI=1S/C10H14N4OS/c1-8(16(2)15)3-5-12-10-9(7-11)4-6-13-14-10/h4,6,8H,3,5H2,1-2H3,(H,12,14). The maximum Gasteiger partial charge on any atom is 0.166 e. The molecular weight excluding hydrogens is 224 g/mol. The Labute approximate surface area is 97.3 Å². The van der Waals surface area contributed by atoms with E-state index in [1.54, 1.807) is 12.3 Å². The van der Waals surface area contributed by atoms with Gasteiger partial charge in [-0.3, -0.25) is 4.21 Å². The zero-order valence-corrected chi connectivity index (χ0v) is 10.1. The average Bonchev–Trinajstić information content (AvgIpc) is 2.29. The number of rotatable bonds is 5. The topological polar surface area (TPSA) is 78.7 Å². The molecule has 86 valence electrons. The van der Waals surface area contributed by atoms with Crippen molar-refractivity contribution in [1.82, 2.24) is 10.2 Å². The molecule has 1 heterocycles. The molecule has 0 bridgehead atoms. The largest absolute Gasteiger partial charge is 0.367 e. The van der Waals surface area contributed by atoms with Crippen LogP contribution in [0.15, 0.2) is 12.3 Å². The van der Waals surface area contributed by atoms with E-state index in [9.17, 15) is 4.21 Å². The van der Waals surface area contributed by atoms with Gasteiger partial charge in [0, 0.05) is 28.9 Å². The number of hydrogen-bond acceptors (Lipinski definition) is 5. The van der Waals surface area contributed by atoms with E-state index in [1.807, 2.05) is 13.0 Å². The predicted octanol–water partition coefficient (Wildman–Crippen LogP) is 0.917. The van der Waals surface area contributed by atoms with Crippen molar-refractivity contribution >= 4 is 16.6 Å². The van der Waals surface area contributed by atoms with Gasteiger partial charge in [0.1, 0.15) is 6.07 Å². The van der Waals surface area contributed by atoms with Crippen molar-refractivity contribution in [3.05, 3.63) is 17.8 Å². The Morgan fingerprint density at radius 2 is 2.44 bits per heavy atom. The number of nitriles is 1. The van der Waals surface area contributed by atoms with Crippen molar-refractivity contribution in [1.29, 1.82) is 5.26 Å². The van der Waals surface area contributed by atoms with Gasteiger partial charge in [0.05, 0.1) is 11.8 Å². The van der Waals surface area contributed by atoms with Crippen LogP contribution in [0.3, 0.4) is 0 Å². The number of hydrogen-bond donors (Lipinski definition) is 1. The van der Waals surface area contributed by atoms with Gasteiger partial charge >= 0.3 is 0 Å². The monoisotopic (exact) mass is 238 g/mol. The SMILES string of the molecule is CC(CCNc1nnccc1C#N)S(C)=O. The first-order chi connectivity index (χ1) is 7.65. The van der Waals surface area contributed by atoms with Gasteiger partial charge in [0.25, 0.3) is 0 Å². The smallest absolute Gasteiger partial charge is 0.166 e. The molecule has 2 unspecified atom stereocenters. The van der Waals surface area contributed by atoms with E-state index < -0.39 is 10.8 Å². The van der Waals surface area contributed by atoms with Gasteiger partial charge in [0.2, 0.25) is 0 Å². The summed E-state index contributed by atoms with van der Waals surface area (Å²) in [5, 5.41) is 19.5. The molecule has 0 amide bonds. The lowest BCUT2D eigenvalue weighted by molar-refractivity contribution is 0.672. The molecule has 16 heavy (non-hydrogen) atoms. The van der Waals surface area contributed by atoms with Gasteiger partial charge in [-0.1, -0.05) is 6.92 Å². The molecule has 0 aliphatic rings. The molecule has 0 aliphatic carbocycles. The Bertz CT molecular complexity index is 416. The van der Waals surface area contributed by atoms with E-state index in [-0.39, 0.29) is 5.25 Å². The molecule has 0 fully saturated rings. The fraction of sp³-hybridized carbons (Fsp3) is 0.500. The first kappa shape index (κ1) is 12.6. The Balaban J connectivity index is 2.49. The molecular formula is C10H14N4OS. The Kier molecular flexibility index (Phi) is 4.86. The third kappa shape index (κ3) is 3.59. The molecule has 0 spiro atoms. The molecule has 1 rings (SSSR count). The second-order valence-electron chi connectivity index (χ2n) is 3.43. The first-order valence-corrected chi connectivity index (χ1v) is 6.55. The van der Waals surface area contributed by atoms with Crippen molar-refractivity contribution in [2.45, 2.75) is 18.6 Å². The van der Waals surface area contributed by atoms with E-state index in [0.29, 0.717) is 17.9 Å². The van der Waals surface area contributed by atoms with E-state index in [2.05, 4.69) is 15.5 Å². The summed E-state index contributed by atoms with van der Waals surface area (Å²) in [7, 11) is -0.816. The molecule has 5 nitrogen and oxygen atoms in total. The lowest BCUT2D eigenvalue weighted by atomic mass is 10.3. The Morgan fingerprint density at radius 3 is 3.06 bits per heavy atom. The van der Waals surface area contributed by atoms with E-state index >= 15 is 0 Å². The van der Waals surface area contributed by atoms with Crippen molar-refractivity contribution in [2.75, 3.05) is 18.1 Å². The zero-order valence-electron chi connectivity index (χ0n) is 9.30. The minimum Gasteiger partial charge on any atom is -0.367 e. The second-order valence-corrected chi connectivity index (χ2v) is 5.23. The molecule has 1 N–H and O–H groups in total. The normalized spacial score (nSPS) is 13.8. The van der Waals surface area contributed by atoms with Crippen LogP contribution in [0.25, 0.3) is 0 Å². The maximum atomic E-state index is 11.1. The molecule has 0 aromatic carbocycles. The quantitative estimate of drug-likeness (QED) is 0.825.